The number of hydrogen-bond acceptors (Lipinski definition) is 8. The summed E-state index contributed by atoms with van der Waals surface area (Å²) in [5, 5.41) is 22.2. The zero-order valence-electron chi connectivity index (χ0n) is 18.4. The number of ether oxygens (including phenoxy) is 4. The van der Waals surface area contributed by atoms with Crippen molar-refractivity contribution in [3.05, 3.63) is 11.6 Å². The SMILES string of the molecule is CC(=O)O[C@@H]1C[C@]2(C)[C@@]3(COC(=O)C(C)(C)C)[C@H](O)[C@H](O)C(C)=C[C@H]3O[C@H]1[C@@]21CO1. The summed E-state index contributed by atoms with van der Waals surface area (Å²) in [5.74, 6) is -0.825. The Hall–Kier alpha value is -1.48. The molecule has 1 spiro atoms. The first-order valence-corrected chi connectivity index (χ1v) is 10.5. The van der Waals surface area contributed by atoms with Crippen LogP contribution >= 0.6 is 0 Å². The Kier molecular flexibility index (Phi) is 4.72. The normalized spacial score (nSPS) is 46.8. The van der Waals surface area contributed by atoms with E-state index in [1.807, 2.05) is 6.92 Å². The molecule has 0 amide bonds. The fourth-order valence-electron chi connectivity index (χ4n) is 5.83. The molecule has 2 aliphatic carbocycles. The monoisotopic (exact) mass is 424 g/mol. The lowest BCUT2D eigenvalue weighted by Gasteiger charge is -2.59. The van der Waals surface area contributed by atoms with E-state index in [-0.39, 0.29) is 6.61 Å². The van der Waals surface area contributed by atoms with Crippen LogP contribution in [0.25, 0.3) is 0 Å². The quantitative estimate of drug-likeness (QED) is 0.394. The van der Waals surface area contributed by atoms with Gasteiger partial charge in [-0.3, -0.25) is 9.59 Å². The molecule has 2 N–H and O–H groups in total. The highest BCUT2D eigenvalue weighted by Crippen LogP contribution is 2.71. The van der Waals surface area contributed by atoms with E-state index in [0.717, 1.165) is 0 Å². The van der Waals surface area contributed by atoms with Gasteiger partial charge in [-0.25, -0.2) is 0 Å². The Balaban J connectivity index is 1.80. The second-order valence-electron chi connectivity index (χ2n) is 10.5. The molecule has 3 fully saturated rings. The minimum atomic E-state index is -1.25. The number of fused-ring (bicyclic) bond motifs is 2. The second-order valence-corrected chi connectivity index (χ2v) is 10.5. The van der Waals surface area contributed by atoms with Crippen LogP contribution in [0.15, 0.2) is 11.6 Å². The summed E-state index contributed by atoms with van der Waals surface area (Å²) < 4.78 is 23.6. The van der Waals surface area contributed by atoms with Gasteiger partial charge in [0.25, 0.3) is 0 Å². The van der Waals surface area contributed by atoms with Crippen LogP contribution in [-0.4, -0.2) is 71.5 Å². The summed E-state index contributed by atoms with van der Waals surface area (Å²) in [6.07, 6.45) is -1.88. The average molecular weight is 424 g/mol. The van der Waals surface area contributed by atoms with Crippen molar-refractivity contribution in [3.8, 4) is 0 Å². The summed E-state index contributed by atoms with van der Waals surface area (Å²) in [6, 6.07) is 0. The van der Waals surface area contributed by atoms with Gasteiger partial charge in [-0.2, -0.15) is 0 Å². The van der Waals surface area contributed by atoms with E-state index in [4.69, 9.17) is 18.9 Å². The summed E-state index contributed by atoms with van der Waals surface area (Å²) >= 11 is 0. The maximum Gasteiger partial charge on any atom is 0.311 e. The molecule has 2 saturated heterocycles. The lowest BCUT2D eigenvalue weighted by atomic mass is 9.50. The van der Waals surface area contributed by atoms with Crippen LogP contribution in [0.5, 0.6) is 0 Å². The number of carbonyl (C=O) groups excluding carboxylic acids is 2. The largest absolute Gasteiger partial charge is 0.464 e. The van der Waals surface area contributed by atoms with Gasteiger partial charge < -0.3 is 29.2 Å². The van der Waals surface area contributed by atoms with Crippen molar-refractivity contribution in [2.24, 2.45) is 16.2 Å². The van der Waals surface area contributed by atoms with Crippen molar-refractivity contribution < 1.29 is 38.7 Å². The fraction of sp³-hybridized carbons (Fsp3) is 0.818. The third kappa shape index (κ3) is 2.66. The molecular formula is C22H32O8. The highest BCUT2D eigenvalue weighted by atomic mass is 16.7. The van der Waals surface area contributed by atoms with Gasteiger partial charge in [0.1, 0.15) is 30.5 Å². The van der Waals surface area contributed by atoms with Gasteiger partial charge in [0.05, 0.1) is 29.6 Å². The third-order valence-corrected chi connectivity index (χ3v) is 7.70. The summed E-state index contributed by atoms with van der Waals surface area (Å²) in [4.78, 5) is 24.3. The second kappa shape index (κ2) is 6.51. The Morgan fingerprint density at radius 2 is 1.93 bits per heavy atom. The van der Waals surface area contributed by atoms with Crippen molar-refractivity contribution in [1.29, 1.82) is 0 Å². The molecule has 0 aromatic heterocycles. The van der Waals surface area contributed by atoms with E-state index in [9.17, 15) is 19.8 Å². The molecule has 2 bridgehead atoms. The standard InChI is InChI=1S/C22H32O8/c1-11-7-14-21(16(25)15(11)24,9-27-18(26)19(3,4)5)20(6)8-13(29-12(2)23)17(30-14)22(20)10-28-22/h7,13-17,24-25H,8-10H2,1-6H3/t13-,14-,15-,16-,17-,20-,21-,22+/m1/s1. The lowest BCUT2D eigenvalue weighted by Crippen LogP contribution is -2.71. The molecule has 30 heavy (non-hydrogen) atoms. The number of aliphatic hydroxyl groups is 2. The molecule has 0 unspecified atom stereocenters. The predicted octanol–water partition coefficient (Wildman–Crippen LogP) is 1.12. The van der Waals surface area contributed by atoms with E-state index in [2.05, 4.69) is 0 Å². The Morgan fingerprint density at radius 3 is 2.47 bits per heavy atom. The first-order chi connectivity index (χ1) is 13.8. The van der Waals surface area contributed by atoms with E-state index in [1.54, 1.807) is 33.8 Å². The topological polar surface area (TPSA) is 115 Å². The van der Waals surface area contributed by atoms with Gasteiger partial charge in [0.15, 0.2) is 0 Å². The molecule has 8 atom stereocenters. The van der Waals surface area contributed by atoms with Crippen LogP contribution in [0.1, 0.15) is 48.0 Å². The maximum atomic E-state index is 12.6. The van der Waals surface area contributed by atoms with Gasteiger partial charge >= 0.3 is 11.9 Å². The summed E-state index contributed by atoms with van der Waals surface area (Å²) in [5.41, 5.74) is -2.82. The van der Waals surface area contributed by atoms with Gasteiger partial charge in [0, 0.05) is 12.3 Å². The minimum absolute atomic E-state index is 0.142. The summed E-state index contributed by atoms with van der Waals surface area (Å²) in [7, 11) is 0. The molecule has 1 saturated carbocycles. The Labute approximate surface area is 176 Å². The van der Waals surface area contributed by atoms with Crippen LogP contribution < -0.4 is 0 Å². The van der Waals surface area contributed by atoms with Crippen LogP contribution in [0.3, 0.4) is 0 Å². The number of epoxide rings is 1. The highest BCUT2D eigenvalue weighted by molar-refractivity contribution is 5.75. The average Bonchev–Trinajstić information content (AvgIpc) is 3.40. The molecule has 4 aliphatic rings. The van der Waals surface area contributed by atoms with Crippen LogP contribution in [0, 0.1) is 16.2 Å². The Bertz CT molecular complexity index is 793. The van der Waals surface area contributed by atoms with E-state index < -0.39 is 64.3 Å². The van der Waals surface area contributed by atoms with Crippen molar-refractivity contribution in [2.45, 2.75) is 84.1 Å². The molecule has 8 heteroatoms. The first kappa shape index (κ1) is 21.7. The number of hydrogen-bond donors (Lipinski definition) is 2. The number of carbonyl (C=O) groups is 2. The molecule has 2 heterocycles. The number of aliphatic hydroxyl groups excluding tert-OH is 2. The van der Waals surface area contributed by atoms with Crippen molar-refractivity contribution in [2.75, 3.05) is 13.2 Å². The minimum Gasteiger partial charge on any atom is -0.464 e. The van der Waals surface area contributed by atoms with Crippen LogP contribution in [0.2, 0.25) is 0 Å². The van der Waals surface area contributed by atoms with E-state index in [0.29, 0.717) is 18.6 Å². The summed E-state index contributed by atoms with van der Waals surface area (Å²) in [6.45, 7) is 10.6. The molecule has 168 valence electrons. The molecule has 2 aliphatic heterocycles. The smallest absolute Gasteiger partial charge is 0.311 e. The highest BCUT2D eigenvalue weighted by Gasteiger charge is 2.84. The molecular weight excluding hydrogens is 392 g/mol. The molecule has 4 rings (SSSR count). The maximum absolute atomic E-state index is 12.6. The van der Waals surface area contributed by atoms with Gasteiger partial charge in [-0.15, -0.1) is 0 Å². The van der Waals surface area contributed by atoms with E-state index >= 15 is 0 Å². The molecule has 8 nitrogen and oxygen atoms in total. The molecule has 0 radical (unpaired) electrons. The van der Waals surface area contributed by atoms with Crippen LogP contribution in [-0.2, 0) is 28.5 Å². The number of esters is 2. The van der Waals surface area contributed by atoms with Crippen molar-refractivity contribution >= 4 is 11.9 Å². The fourth-order valence-corrected chi connectivity index (χ4v) is 5.83. The Morgan fingerprint density at radius 1 is 1.30 bits per heavy atom. The third-order valence-electron chi connectivity index (χ3n) is 7.70. The van der Waals surface area contributed by atoms with Gasteiger partial charge in [0.2, 0.25) is 0 Å². The molecule has 0 aromatic carbocycles. The van der Waals surface area contributed by atoms with Crippen molar-refractivity contribution in [1.82, 2.24) is 0 Å². The number of rotatable bonds is 3. The van der Waals surface area contributed by atoms with Gasteiger partial charge in [-0.1, -0.05) is 13.0 Å². The lowest BCUT2D eigenvalue weighted by molar-refractivity contribution is -0.265. The zero-order valence-corrected chi connectivity index (χ0v) is 18.4. The molecule has 0 aromatic rings. The van der Waals surface area contributed by atoms with E-state index in [1.165, 1.54) is 6.92 Å². The van der Waals surface area contributed by atoms with Gasteiger partial charge in [-0.05, 0) is 39.7 Å². The van der Waals surface area contributed by atoms with Crippen LogP contribution in [0.4, 0.5) is 0 Å². The zero-order chi connectivity index (χ0) is 22.3. The van der Waals surface area contributed by atoms with Crippen molar-refractivity contribution in [3.63, 3.8) is 0 Å². The first-order valence-electron chi connectivity index (χ1n) is 10.5. The predicted molar refractivity (Wildman–Crippen MR) is 104 cm³/mol.